The molecule has 1 aliphatic carbocycles. The van der Waals surface area contributed by atoms with Crippen LogP contribution in [0.3, 0.4) is 0 Å². The van der Waals surface area contributed by atoms with E-state index in [1.165, 1.54) is 0 Å². The molecule has 2 N–H and O–H groups in total. The Hall–Kier alpha value is -2.47. The van der Waals surface area contributed by atoms with Gasteiger partial charge in [0.25, 0.3) is 0 Å². The Morgan fingerprint density at radius 2 is 1.85 bits per heavy atom. The SMILES string of the molecule is NC[C@H]1CCC[C@H]1C(=O)N1CCN(c2ccnc(-c3ccccc3)n2)CC1. The smallest absolute Gasteiger partial charge is 0.226 e. The molecule has 1 saturated carbocycles. The zero-order valence-corrected chi connectivity index (χ0v) is 15.6. The summed E-state index contributed by atoms with van der Waals surface area (Å²) in [6.45, 7) is 3.72. The first-order chi connectivity index (χ1) is 13.3. The van der Waals surface area contributed by atoms with E-state index < -0.39 is 0 Å². The number of carbonyl (C=O) groups is 1. The summed E-state index contributed by atoms with van der Waals surface area (Å²) < 4.78 is 0. The summed E-state index contributed by atoms with van der Waals surface area (Å²) in [7, 11) is 0. The van der Waals surface area contributed by atoms with Crippen molar-refractivity contribution in [1.82, 2.24) is 14.9 Å². The van der Waals surface area contributed by atoms with Gasteiger partial charge in [-0.05, 0) is 31.4 Å². The Morgan fingerprint density at radius 3 is 2.59 bits per heavy atom. The lowest BCUT2D eigenvalue weighted by molar-refractivity contribution is -0.136. The summed E-state index contributed by atoms with van der Waals surface area (Å²) in [6.07, 6.45) is 5.03. The standard InChI is InChI=1S/C21H27N5O/c22-15-17-7-4-8-18(17)21(27)26-13-11-25(12-14-26)19-9-10-23-20(24-19)16-5-2-1-3-6-16/h1-3,5-6,9-10,17-18H,4,7-8,11-15,22H2/t17-,18-/m1/s1. The quantitative estimate of drug-likeness (QED) is 0.899. The molecule has 142 valence electrons. The highest BCUT2D eigenvalue weighted by molar-refractivity contribution is 5.79. The van der Waals surface area contributed by atoms with Crippen LogP contribution in [0.25, 0.3) is 11.4 Å². The number of carbonyl (C=O) groups excluding carboxylic acids is 1. The van der Waals surface area contributed by atoms with E-state index in [0.29, 0.717) is 18.4 Å². The van der Waals surface area contributed by atoms with Crippen molar-refractivity contribution in [3.05, 3.63) is 42.6 Å². The summed E-state index contributed by atoms with van der Waals surface area (Å²) in [5.41, 5.74) is 6.87. The number of nitrogens with zero attached hydrogens (tertiary/aromatic N) is 4. The molecule has 2 aromatic rings. The van der Waals surface area contributed by atoms with Gasteiger partial charge in [0.05, 0.1) is 0 Å². The number of amides is 1. The fourth-order valence-electron chi connectivity index (χ4n) is 4.29. The van der Waals surface area contributed by atoms with Crippen molar-refractivity contribution in [1.29, 1.82) is 0 Å². The molecule has 1 aromatic carbocycles. The molecule has 0 radical (unpaired) electrons. The van der Waals surface area contributed by atoms with Crippen molar-refractivity contribution in [3.63, 3.8) is 0 Å². The van der Waals surface area contributed by atoms with E-state index in [2.05, 4.69) is 9.88 Å². The lowest BCUT2D eigenvalue weighted by atomic mass is 9.94. The highest BCUT2D eigenvalue weighted by Gasteiger charge is 2.35. The number of hydrogen-bond acceptors (Lipinski definition) is 5. The number of piperazine rings is 1. The molecule has 0 spiro atoms. The summed E-state index contributed by atoms with van der Waals surface area (Å²) in [5.74, 6) is 2.46. The summed E-state index contributed by atoms with van der Waals surface area (Å²) in [6, 6.07) is 12.0. The molecule has 2 atom stereocenters. The van der Waals surface area contributed by atoms with Crippen molar-refractivity contribution < 1.29 is 4.79 Å². The average Bonchev–Trinajstić information content (AvgIpc) is 3.23. The van der Waals surface area contributed by atoms with Crippen molar-refractivity contribution >= 4 is 11.7 Å². The van der Waals surface area contributed by atoms with Gasteiger partial charge in [-0.1, -0.05) is 36.8 Å². The van der Waals surface area contributed by atoms with Gasteiger partial charge in [-0.15, -0.1) is 0 Å². The Bertz CT molecular complexity index is 773. The van der Waals surface area contributed by atoms with Gasteiger partial charge in [0, 0.05) is 43.9 Å². The molecule has 2 fully saturated rings. The largest absolute Gasteiger partial charge is 0.353 e. The third kappa shape index (κ3) is 3.81. The van der Waals surface area contributed by atoms with Crippen LogP contribution in [0, 0.1) is 11.8 Å². The molecule has 1 aliphatic heterocycles. The molecule has 27 heavy (non-hydrogen) atoms. The fraction of sp³-hybridized carbons (Fsp3) is 0.476. The van der Waals surface area contributed by atoms with E-state index in [4.69, 9.17) is 10.7 Å². The Kier molecular flexibility index (Phi) is 5.34. The van der Waals surface area contributed by atoms with Crippen molar-refractivity contribution in [3.8, 4) is 11.4 Å². The molecule has 0 unspecified atom stereocenters. The third-order valence-corrected chi connectivity index (χ3v) is 5.87. The predicted molar refractivity (Wildman–Crippen MR) is 106 cm³/mol. The van der Waals surface area contributed by atoms with Crippen LogP contribution in [-0.2, 0) is 4.79 Å². The van der Waals surface area contributed by atoms with Gasteiger partial charge in [-0.2, -0.15) is 0 Å². The second kappa shape index (κ2) is 8.05. The molecule has 2 aliphatic rings. The predicted octanol–water partition coefficient (Wildman–Crippen LogP) is 2.17. The van der Waals surface area contributed by atoms with Gasteiger partial charge in [-0.3, -0.25) is 4.79 Å². The molecule has 6 nitrogen and oxygen atoms in total. The number of aromatic nitrogens is 2. The highest BCUT2D eigenvalue weighted by atomic mass is 16.2. The zero-order valence-electron chi connectivity index (χ0n) is 15.6. The van der Waals surface area contributed by atoms with Crippen LogP contribution in [0.2, 0.25) is 0 Å². The minimum absolute atomic E-state index is 0.130. The van der Waals surface area contributed by atoms with Gasteiger partial charge in [-0.25, -0.2) is 9.97 Å². The highest BCUT2D eigenvalue weighted by Crippen LogP contribution is 2.32. The lowest BCUT2D eigenvalue weighted by Gasteiger charge is -2.37. The molecule has 6 heteroatoms. The van der Waals surface area contributed by atoms with E-state index in [1.807, 2.05) is 47.5 Å². The van der Waals surface area contributed by atoms with E-state index in [-0.39, 0.29) is 5.92 Å². The van der Waals surface area contributed by atoms with Crippen LogP contribution in [-0.4, -0.2) is 53.5 Å². The van der Waals surface area contributed by atoms with Gasteiger partial charge < -0.3 is 15.5 Å². The zero-order chi connectivity index (χ0) is 18.6. The number of anilines is 1. The van der Waals surface area contributed by atoms with Crippen LogP contribution in [0.4, 0.5) is 5.82 Å². The fourth-order valence-corrected chi connectivity index (χ4v) is 4.29. The van der Waals surface area contributed by atoms with Gasteiger partial charge in [0.1, 0.15) is 5.82 Å². The Labute approximate surface area is 160 Å². The molecule has 0 bridgehead atoms. The third-order valence-electron chi connectivity index (χ3n) is 5.87. The molecule has 1 aromatic heterocycles. The van der Waals surface area contributed by atoms with Gasteiger partial charge >= 0.3 is 0 Å². The number of hydrogen-bond donors (Lipinski definition) is 1. The van der Waals surface area contributed by atoms with Crippen LogP contribution >= 0.6 is 0 Å². The lowest BCUT2D eigenvalue weighted by Crippen LogP contribution is -2.51. The number of rotatable bonds is 4. The average molecular weight is 365 g/mol. The summed E-state index contributed by atoms with van der Waals surface area (Å²) >= 11 is 0. The van der Waals surface area contributed by atoms with Crippen molar-refractivity contribution in [2.75, 3.05) is 37.6 Å². The first-order valence-corrected chi connectivity index (χ1v) is 9.88. The van der Waals surface area contributed by atoms with E-state index >= 15 is 0 Å². The minimum Gasteiger partial charge on any atom is -0.353 e. The van der Waals surface area contributed by atoms with Crippen LogP contribution in [0.15, 0.2) is 42.6 Å². The number of nitrogens with two attached hydrogens (primary N) is 1. The van der Waals surface area contributed by atoms with Gasteiger partial charge in [0.15, 0.2) is 5.82 Å². The van der Waals surface area contributed by atoms with Crippen LogP contribution in [0.5, 0.6) is 0 Å². The van der Waals surface area contributed by atoms with Crippen molar-refractivity contribution in [2.24, 2.45) is 17.6 Å². The molecule has 1 saturated heterocycles. The maximum absolute atomic E-state index is 12.9. The van der Waals surface area contributed by atoms with E-state index in [9.17, 15) is 4.79 Å². The minimum atomic E-state index is 0.130. The molecule has 1 amide bonds. The first kappa shape index (κ1) is 17.9. The second-order valence-corrected chi connectivity index (χ2v) is 7.45. The van der Waals surface area contributed by atoms with E-state index in [0.717, 1.165) is 62.6 Å². The topological polar surface area (TPSA) is 75.4 Å². The van der Waals surface area contributed by atoms with Crippen molar-refractivity contribution in [2.45, 2.75) is 19.3 Å². The van der Waals surface area contributed by atoms with E-state index in [1.54, 1.807) is 0 Å². The summed E-state index contributed by atoms with van der Waals surface area (Å²) in [4.78, 5) is 26.3. The normalized spacial score (nSPS) is 22.9. The van der Waals surface area contributed by atoms with Crippen LogP contribution < -0.4 is 10.6 Å². The van der Waals surface area contributed by atoms with Gasteiger partial charge in [0.2, 0.25) is 5.91 Å². The molecular weight excluding hydrogens is 338 g/mol. The second-order valence-electron chi connectivity index (χ2n) is 7.45. The Morgan fingerprint density at radius 1 is 1.07 bits per heavy atom. The molecule has 2 heterocycles. The first-order valence-electron chi connectivity index (χ1n) is 9.88. The summed E-state index contributed by atoms with van der Waals surface area (Å²) in [5, 5.41) is 0. The maximum Gasteiger partial charge on any atom is 0.226 e. The molecule has 4 rings (SSSR count). The number of benzene rings is 1. The van der Waals surface area contributed by atoms with Crippen LogP contribution in [0.1, 0.15) is 19.3 Å². The Balaban J connectivity index is 1.40. The monoisotopic (exact) mass is 365 g/mol. The maximum atomic E-state index is 12.9. The molecular formula is C21H27N5O.